The average Bonchev–Trinajstić information content (AvgIpc) is 3.15. The lowest BCUT2D eigenvalue weighted by atomic mass is 10.1. The maximum atomic E-state index is 9.59. The maximum Gasteiger partial charge on any atom is 0.179 e. The standard InChI is InChI=1S/C19H17Cl2N3O2/c1-25-19-11-24-17(7-18(19)26-13-4-2-3-5-13)12(8-22)6-14-15(20)9-23-10-16(14)21/h6-7,9-11,13H,2-5H2,1H3/b12-6-. The van der Waals surface area contributed by atoms with Gasteiger partial charge >= 0.3 is 0 Å². The molecule has 0 spiro atoms. The number of nitrogens with zero attached hydrogens (tertiary/aromatic N) is 3. The van der Waals surface area contributed by atoms with E-state index in [9.17, 15) is 5.26 Å². The van der Waals surface area contributed by atoms with Crippen molar-refractivity contribution in [3.63, 3.8) is 0 Å². The zero-order valence-corrected chi connectivity index (χ0v) is 15.7. The molecular weight excluding hydrogens is 373 g/mol. The number of hydrogen-bond acceptors (Lipinski definition) is 5. The number of pyridine rings is 2. The van der Waals surface area contributed by atoms with Crippen molar-refractivity contribution >= 4 is 34.9 Å². The van der Waals surface area contributed by atoms with E-state index in [0.717, 1.165) is 25.7 Å². The predicted octanol–water partition coefficient (Wildman–Crippen LogP) is 5.18. The van der Waals surface area contributed by atoms with Gasteiger partial charge in [-0.25, -0.2) is 0 Å². The van der Waals surface area contributed by atoms with E-state index in [4.69, 9.17) is 32.7 Å². The largest absolute Gasteiger partial charge is 0.491 e. The van der Waals surface area contributed by atoms with E-state index in [1.54, 1.807) is 25.4 Å². The van der Waals surface area contributed by atoms with Crippen molar-refractivity contribution in [2.75, 3.05) is 7.11 Å². The summed E-state index contributed by atoms with van der Waals surface area (Å²) >= 11 is 12.3. The van der Waals surface area contributed by atoms with Crippen LogP contribution in [0.15, 0.2) is 24.7 Å². The van der Waals surface area contributed by atoms with E-state index in [2.05, 4.69) is 16.0 Å². The van der Waals surface area contributed by atoms with Crippen LogP contribution in [0.1, 0.15) is 36.9 Å². The Morgan fingerprint density at radius 3 is 2.50 bits per heavy atom. The molecule has 26 heavy (non-hydrogen) atoms. The highest BCUT2D eigenvalue weighted by molar-refractivity contribution is 6.37. The topological polar surface area (TPSA) is 68.0 Å². The van der Waals surface area contributed by atoms with Gasteiger partial charge in [0, 0.05) is 24.0 Å². The SMILES string of the molecule is COc1cnc(/C(C#N)=C\c2c(Cl)cncc2Cl)cc1OC1CCCC1. The third kappa shape index (κ3) is 4.09. The Hall–Kier alpha value is -2.29. The van der Waals surface area contributed by atoms with E-state index in [0.29, 0.717) is 38.4 Å². The van der Waals surface area contributed by atoms with Crippen molar-refractivity contribution in [3.05, 3.63) is 46.0 Å². The minimum Gasteiger partial charge on any atom is -0.491 e. The van der Waals surface area contributed by atoms with Gasteiger partial charge in [0.05, 0.1) is 40.7 Å². The number of ether oxygens (including phenoxy) is 2. The van der Waals surface area contributed by atoms with Crippen molar-refractivity contribution in [1.29, 1.82) is 5.26 Å². The second-order valence-corrected chi connectivity index (χ2v) is 6.75. The molecule has 0 bridgehead atoms. The first-order valence-electron chi connectivity index (χ1n) is 8.24. The van der Waals surface area contributed by atoms with Gasteiger partial charge in [-0.2, -0.15) is 5.26 Å². The molecule has 0 N–H and O–H groups in total. The first-order chi connectivity index (χ1) is 12.6. The average molecular weight is 390 g/mol. The molecule has 2 aromatic rings. The van der Waals surface area contributed by atoms with Crippen molar-refractivity contribution in [2.45, 2.75) is 31.8 Å². The van der Waals surface area contributed by atoms with Gasteiger partial charge in [-0.05, 0) is 31.8 Å². The highest BCUT2D eigenvalue weighted by atomic mass is 35.5. The fraction of sp³-hybridized carbons (Fsp3) is 0.316. The number of aromatic nitrogens is 2. The fourth-order valence-corrected chi connectivity index (χ4v) is 3.34. The van der Waals surface area contributed by atoms with Crippen LogP contribution in [0.3, 0.4) is 0 Å². The van der Waals surface area contributed by atoms with Crippen molar-refractivity contribution in [2.24, 2.45) is 0 Å². The van der Waals surface area contributed by atoms with Gasteiger partial charge in [-0.3, -0.25) is 9.97 Å². The molecule has 7 heteroatoms. The summed E-state index contributed by atoms with van der Waals surface area (Å²) in [6, 6.07) is 3.86. The van der Waals surface area contributed by atoms with Gasteiger partial charge in [0.2, 0.25) is 0 Å². The third-order valence-corrected chi connectivity index (χ3v) is 4.83. The zero-order valence-electron chi connectivity index (χ0n) is 14.2. The van der Waals surface area contributed by atoms with Crippen LogP contribution >= 0.6 is 23.2 Å². The van der Waals surface area contributed by atoms with Crippen LogP contribution in [-0.4, -0.2) is 23.2 Å². The first kappa shape index (κ1) is 18.5. The second kappa shape index (κ2) is 8.39. The quantitative estimate of drug-likeness (QED) is 0.659. The molecule has 0 aromatic carbocycles. The van der Waals surface area contributed by atoms with Crippen LogP contribution in [0, 0.1) is 11.3 Å². The first-order valence-corrected chi connectivity index (χ1v) is 9.00. The van der Waals surface area contributed by atoms with Gasteiger partial charge < -0.3 is 9.47 Å². The molecule has 2 aromatic heterocycles. The normalized spacial score (nSPS) is 14.9. The Morgan fingerprint density at radius 1 is 1.19 bits per heavy atom. The molecule has 134 valence electrons. The summed E-state index contributed by atoms with van der Waals surface area (Å²) in [4.78, 5) is 8.23. The molecular formula is C19H17Cl2N3O2. The zero-order chi connectivity index (χ0) is 18.5. The Kier molecular flexibility index (Phi) is 5.97. The van der Waals surface area contributed by atoms with Gasteiger partial charge in [-0.15, -0.1) is 0 Å². The summed E-state index contributed by atoms with van der Waals surface area (Å²) in [5, 5.41) is 10.3. The molecule has 5 nitrogen and oxygen atoms in total. The second-order valence-electron chi connectivity index (χ2n) is 5.93. The minimum atomic E-state index is 0.165. The van der Waals surface area contributed by atoms with Crippen molar-refractivity contribution in [1.82, 2.24) is 9.97 Å². The lowest BCUT2D eigenvalue weighted by molar-refractivity contribution is 0.200. The number of methoxy groups -OCH3 is 1. The molecule has 0 amide bonds. The summed E-state index contributed by atoms with van der Waals surface area (Å²) < 4.78 is 11.4. The van der Waals surface area contributed by atoms with Gasteiger partial charge in [-0.1, -0.05) is 23.2 Å². The van der Waals surface area contributed by atoms with Crippen molar-refractivity contribution in [3.8, 4) is 17.6 Å². The number of nitriles is 1. The summed E-state index contributed by atoms with van der Waals surface area (Å²) in [5.41, 5.74) is 1.31. The van der Waals surface area contributed by atoms with E-state index in [1.165, 1.54) is 12.4 Å². The summed E-state index contributed by atoms with van der Waals surface area (Å²) in [7, 11) is 1.57. The molecule has 0 aliphatic heterocycles. The Labute approximate surface area is 162 Å². The van der Waals surface area contributed by atoms with Crippen LogP contribution in [0.5, 0.6) is 11.5 Å². The van der Waals surface area contributed by atoms with Crippen LogP contribution in [0.2, 0.25) is 10.0 Å². The Balaban J connectivity index is 1.98. The number of allylic oxidation sites excluding steroid dienone is 1. The monoisotopic (exact) mass is 389 g/mol. The molecule has 0 atom stereocenters. The van der Waals surface area contributed by atoms with Gasteiger partial charge in [0.25, 0.3) is 0 Å². The van der Waals surface area contributed by atoms with Gasteiger partial charge in [0.1, 0.15) is 6.07 Å². The van der Waals surface area contributed by atoms with Crippen molar-refractivity contribution < 1.29 is 9.47 Å². The summed E-state index contributed by atoms with van der Waals surface area (Å²) in [5.74, 6) is 1.12. The van der Waals surface area contributed by atoms with E-state index >= 15 is 0 Å². The van der Waals surface area contributed by atoms with Crippen LogP contribution in [0.25, 0.3) is 11.6 Å². The molecule has 1 aliphatic rings. The molecule has 2 heterocycles. The molecule has 3 rings (SSSR count). The van der Waals surface area contributed by atoms with Crippen LogP contribution < -0.4 is 9.47 Å². The highest BCUT2D eigenvalue weighted by Crippen LogP contribution is 2.34. The number of rotatable bonds is 5. The van der Waals surface area contributed by atoms with Crippen LogP contribution in [0.4, 0.5) is 0 Å². The third-order valence-electron chi connectivity index (χ3n) is 4.22. The maximum absolute atomic E-state index is 9.59. The van der Waals surface area contributed by atoms with E-state index in [-0.39, 0.29) is 6.10 Å². The minimum absolute atomic E-state index is 0.165. The fourth-order valence-electron chi connectivity index (χ4n) is 2.87. The number of halogens is 2. The lowest BCUT2D eigenvalue weighted by Gasteiger charge is -2.16. The van der Waals surface area contributed by atoms with Gasteiger partial charge in [0.15, 0.2) is 11.5 Å². The smallest absolute Gasteiger partial charge is 0.179 e. The predicted molar refractivity (Wildman–Crippen MR) is 101 cm³/mol. The van der Waals surface area contributed by atoms with Crippen LogP contribution in [-0.2, 0) is 0 Å². The van der Waals surface area contributed by atoms with E-state index in [1.807, 2.05) is 0 Å². The lowest BCUT2D eigenvalue weighted by Crippen LogP contribution is -2.12. The molecule has 1 saturated carbocycles. The number of hydrogen-bond donors (Lipinski definition) is 0. The molecule has 0 unspecified atom stereocenters. The summed E-state index contributed by atoms with van der Waals surface area (Å²) in [6.07, 6.45) is 10.6. The molecule has 0 radical (unpaired) electrons. The molecule has 1 fully saturated rings. The van der Waals surface area contributed by atoms with E-state index < -0.39 is 0 Å². The Morgan fingerprint density at radius 2 is 1.88 bits per heavy atom. The Bertz CT molecular complexity index is 851. The molecule has 0 saturated heterocycles. The highest BCUT2D eigenvalue weighted by Gasteiger charge is 2.20. The molecule has 1 aliphatic carbocycles. The summed E-state index contributed by atoms with van der Waals surface area (Å²) in [6.45, 7) is 0.